The van der Waals surface area contributed by atoms with E-state index in [0.717, 1.165) is 11.1 Å². The van der Waals surface area contributed by atoms with Crippen LogP contribution >= 0.6 is 11.6 Å². The van der Waals surface area contributed by atoms with E-state index in [4.69, 9.17) is 11.6 Å². The van der Waals surface area contributed by atoms with Crippen molar-refractivity contribution >= 4 is 43.0 Å². The van der Waals surface area contributed by atoms with Crippen LogP contribution in [0.25, 0.3) is 0 Å². The first-order valence-corrected chi connectivity index (χ1v) is 12.7. The molecule has 3 rings (SSSR count). The van der Waals surface area contributed by atoms with Crippen molar-refractivity contribution in [3.8, 4) is 0 Å². The molecule has 0 aromatic heterocycles. The Morgan fingerprint density at radius 3 is 1.84 bits per heavy atom. The van der Waals surface area contributed by atoms with Crippen molar-refractivity contribution in [1.29, 1.82) is 0 Å². The number of aryl methyl sites for hydroxylation is 4. The van der Waals surface area contributed by atoms with Crippen molar-refractivity contribution < 1.29 is 16.8 Å². The van der Waals surface area contributed by atoms with Crippen molar-refractivity contribution in [3.63, 3.8) is 0 Å². The van der Waals surface area contributed by atoms with Gasteiger partial charge in [0.1, 0.15) is 0 Å². The minimum absolute atomic E-state index is 0.00230. The fraction of sp³-hybridized carbons (Fsp3) is 0.182. The van der Waals surface area contributed by atoms with E-state index in [-0.39, 0.29) is 15.5 Å². The predicted molar refractivity (Wildman–Crippen MR) is 125 cm³/mol. The van der Waals surface area contributed by atoms with E-state index in [1.807, 2.05) is 6.92 Å². The minimum Gasteiger partial charge on any atom is -0.280 e. The second kappa shape index (κ2) is 8.53. The van der Waals surface area contributed by atoms with Gasteiger partial charge in [0.15, 0.2) is 0 Å². The van der Waals surface area contributed by atoms with Crippen LogP contribution in [0.1, 0.15) is 22.3 Å². The molecule has 31 heavy (non-hydrogen) atoms. The summed E-state index contributed by atoms with van der Waals surface area (Å²) in [5, 5.41) is 0.412. The molecule has 9 heteroatoms. The van der Waals surface area contributed by atoms with Crippen LogP contribution in [0.2, 0.25) is 5.02 Å². The molecular weight excluding hydrogens is 456 g/mol. The van der Waals surface area contributed by atoms with Gasteiger partial charge in [0.25, 0.3) is 20.0 Å². The SMILES string of the molecule is Cc1cc(C)c(S(=O)(=O)Nc2ccc(S(=O)(=O)Nc3cc(Cl)ccc3C)cc2)c(C)c1. The van der Waals surface area contributed by atoms with Crippen LogP contribution in [-0.2, 0) is 20.0 Å². The van der Waals surface area contributed by atoms with Crippen molar-refractivity contribution in [2.75, 3.05) is 9.44 Å². The summed E-state index contributed by atoms with van der Waals surface area (Å²) >= 11 is 5.96. The summed E-state index contributed by atoms with van der Waals surface area (Å²) in [6.07, 6.45) is 0. The zero-order valence-electron chi connectivity index (χ0n) is 17.5. The number of halogens is 1. The third kappa shape index (κ3) is 5.20. The Morgan fingerprint density at radius 1 is 0.677 bits per heavy atom. The molecule has 0 amide bonds. The van der Waals surface area contributed by atoms with Gasteiger partial charge in [0, 0.05) is 10.7 Å². The third-order valence-corrected chi connectivity index (χ3v) is 8.04. The van der Waals surface area contributed by atoms with Gasteiger partial charge in [-0.15, -0.1) is 0 Å². The summed E-state index contributed by atoms with van der Waals surface area (Å²) < 4.78 is 56.2. The molecule has 3 aromatic rings. The van der Waals surface area contributed by atoms with Gasteiger partial charge in [-0.1, -0.05) is 35.4 Å². The molecule has 0 aliphatic carbocycles. The van der Waals surface area contributed by atoms with Gasteiger partial charge in [0.05, 0.1) is 15.5 Å². The largest absolute Gasteiger partial charge is 0.280 e. The summed E-state index contributed by atoms with van der Waals surface area (Å²) in [5.41, 5.74) is 3.63. The van der Waals surface area contributed by atoms with Crippen LogP contribution < -0.4 is 9.44 Å². The fourth-order valence-electron chi connectivity index (χ4n) is 3.41. The Morgan fingerprint density at radius 2 is 1.26 bits per heavy atom. The Balaban J connectivity index is 1.85. The van der Waals surface area contributed by atoms with Gasteiger partial charge < -0.3 is 0 Å². The van der Waals surface area contributed by atoms with Gasteiger partial charge in [-0.2, -0.15) is 0 Å². The average molecular weight is 479 g/mol. The normalized spacial score (nSPS) is 11.9. The lowest BCUT2D eigenvalue weighted by atomic mass is 10.1. The average Bonchev–Trinajstić information content (AvgIpc) is 2.63. The highest BCUT2D eigenvalue weighted by Crippen LogP contribution is 2.26. The Bertz CT molecular complexity index is 1330. The molecule has 0 saturated heterocycles. The number of benzene rings is 3. The number of hydrogen-bond acceptors (Lipinski definition) is 4. The van der Waals surface area contributed by atoms with Crippen molar-refractivity contribution in [2.45, 2.75) is 37.5 Å². The lowest BCUT2D eigenvalue weighted by Crippen LogP contribution is -2.16. The Hall–Kier alpha value is -2.55. The van der Waals surface area contributed by atoms with E-state index < -0.39 is 20.0 Å². The molecule has 2 N–H and O–H groups in total. The first-order valence-electron chi connectivity index (χ1n) is 9.39. The van der Waals surface area contributed by atoms with Gasteiger partial charge in [-0.25, -0.2) is 16.8 Å². The molecule has 6 nitrogen and oxygen atoms in total. The highest BCUT2D eigenvalue weighted by molar-refractivity contribution is 7.93. The van der Waals surface area contributed by atoms with Crippen LogP contribution in [0.5, 0.6) is 0 Å². The van der Waals surface area contributed by atoms with Gasteiger partial charge in [0.2, 0.25) is 0 Å². The zero-order valence-corrected chi connectivity index (χ0v) is 19.9. The molecule has 3 aromatic carbocycles. The summed E-state index contributed by atoms with van der Waals surface area (Å²) in [5.74, 6) is 0. The molecule has 0 radical (unpaired) electrons. The molecule has 0 spiro atoms. The van der Waals surface area contributed by atoms with E-state index in [0.29, 0.717) is 21.8 Å². The maximum absolute atomic E-state index is 12.9. The summed E-state index contributed by atoms with van der Waals surface area (Å²) in [7, 11) is -7.70. The highest BCUT2D eigenvalue weighted by atomic mass is 35.5. The molecule has 0 heterocycles. The summed E-state index contributed by atoms with van der Waals surface area (Å²) in [4.78, 5) is 0.213. The number of anilines is 2. The molecule has 0 fully saturated rings. The summed E-state index contributed by atoms with van der Waals surface area (Å²) in [6, 6.07) is 14.0. The van der Waals surface area contributed by atoms with E-state index in [9.17, 15) is 16.8 Å². The second-order valence-electron chi connectivity index (χ2n) is 7.42. The maximum Gasteiger partial charge on any atom is 0.262 e. The van der Waals surface area contributed by atoms with Crippen LogP contribution in [0.4, 0.5) is 11.4 Å². The molecule has 0 atom stereocenters. The van der Waals surface area contributed by atoms with Crippen LogP contribution in [0.3, 0.4) is 0 Å². The lowest BCUT2D eigenvalue weighted by Gasteiger charge is -2.14. The predicted octanol–water partition coefficient (Wildman–Crippen LogP) is 5.18. The van der Waals surface area contributed by atoms with Crippen molar-refractivity contribution in [3.05, 3.63) is 81.9 Å². The number of sulfonamides is 2. The highest BCUT2D eigenvalue weighted by Gasteiger charge is 2.21. The maximum atomic E-state index is 12.9. The first-order chi connectivity index (χ1) is 14.4. The topological polar surface area (TPSA) is 92.3 Å². The molecule has 164 valence electrons. The minimum atomic E-state index is -3.87. The Labute approximate surface area is 188 Å². The van der Waals surface area contributed by atoms with E-state index in [1.54, 1.807) is 45.0 Å². The molecule has 0 aliphatic heterocycles. The number of rotatable bonds is 6. The monoisotopic (exact) mass is 478 g/mol. The third-order valence-electron chi connectivity index (χ3n) is 4.73. The van der Waals surface area contributed by atoms with E-state index >= 15 is 0 Å². The second-order valence-corrected chi connectivity index (χ2v) is 11.2. The molecular formula is C22H23ClN2O4S2. The Kier molecular flexibility index (Phi) is 6.36. The lowest BCUT2D eigenvalue weighted by molar-refractivity contribution is 0.599. The first kappa shape index (κ1) is 23.1. The number of nitrogens with one attached hydrogen (secondary N) is 2. The van der Waals surface area contributed by atoms with Gasteiger partial charge in [-0.3, -0.25) is 9.44 Å². The van der Waals surface area contributed by atoms with Crippen LogP contribution in [0.15, 0.2) is 64.4 Å². The number of hydrogen-bond donors (Lipinski definition) is 2. The van der Waals surface area contributed by atoms with E-state index in [2.05, 4.69) is 9.44 Å². The molecule has 0 aliphatic rings. The zero-order chi connectivity index (χ0) is 23.0. The molecule has 0 bridgehead atoms. The van der Waals surface area contributed by atoms with Crippen LogP contribution in [0, 0.1) is 27.7 Å². The molecule has 0 unspecified atom stereocenters. The van der Waals surface area contributed by atoms with Crippen molar-refractivity contribution in [1.82, 2.24) is 0 Å². The summed E-state index contributed by atoms with van der Waals surface area (Å²) in [6.45, 7) is 7.16. The van der Waals surface area contributed by atoms with Gasteiger partial charge in [-0.05, 0) is 80.8 Å². The van der Waals surface area contributed by atoms with Crippen molar-refractivity contribution in [2.24, 2.45) is 0 Å². The smallest absolute Gasteiger partial charge is 0.262 e. The quantitative estimate of drug-likeness (QED) is 0.510. The van der Waals surface area contributed by atoms with Gasteiger partial charge >= 0.3 is 0 Å². The van der Waals surface area contributed by atoms with Crippen LogP contribution in [-0.4, -0.2) is 16.8 Å². The standard InChI is InChI=1S/C22H23ClN2O4S2/c1-14-11-16(3)22(17(4)12-14)31(28,29)24-19-7-9-20(10-8-19)30(26,27)25-21-13-18(23)6-5-15(21)2/h5-13,24-25H,1-4H3. The van der Waals surface area contributed by atoms with E-state index in [1.165, 1.54) is 30.3 Å². The fourth-order valence-corrected chi connectivity index (χ4v) is 6.21. The molecule has 0 saturated carbocycles.